The molecule has 0 heterocycles. The molecule has 30 heavy (non-hydrogen) atoms. The molecule has 2 aromatic carbocycles. The number of halogens is 4. The van der Waals surface area contributed by atoms with Gasteiger partial charge in [0, 0.05) is 17.2 Å². The second-order valence-corrected chi connectivity index (χ2v) is 10.00. The summed E-state index contributed by atoms with van der Waals surface area (Å²) in [5.41, 5.74) is -0.156. The first kappa shape index (κ1) is 25.1. The second-order valence-electron chi connectivity index (χ2n) is 6.57. The van der Waals surface area contributed by atoms with E-state index in [0.717, 1.165) is 33.0 Å². The van der Waals surface area contributed by atoms with Crippen LogP contribution in [0.5, 0.6) is 0 Å². The predicted molar refractivity (Wildman–Crippen MR) is 127 cm³/mol. The van der Waals surface area contributed by atoms with Crippen LogP contribution in [0.3, 0.4) is 0 Å². The molecule has 0 bridgehead atoms. The maximum absolute atomic E-state index is 14.5. The highest BCUT2D eigenvalue weighted by Gasteiger charge is 2.22. The number of anilines is 3. The van der Waals surface area contributed by atoms with Crippen LogP contribution in [0.2, 0.25) is 5.02 Å². The molecule has 0 saturated heterocycles. The molecule has 11 heteroatoms. The molecule has 0 spiro atoms. The van der Waals surface area contributed by atoms with Crippen molar-refractivity contribution in [2.45, 2.75) is 19.8 Å². The van der Waals surface area contributed by atoms with Gasteiger partial charge < -0.3 is 10.6 Å². The lowest BCUT2D eigenvalue weighted by atomic mass is 10.2. The molecule has 6 nitrogen and oxygen atoms in total. The summed E-state index contributed by atoms with van der Waals surface area (Å²) in [5, 5.41) is 6.18. The third-order valence-corrected chi connectivity index (χ3v) is 6.65. The van der Waals surface area contributed by atoms with Crippen LogP contribution >= 0.6 is 34.2 Å². The van der Waals surface area contributed by atoms with E-state index in [-0.39, 0.29) is 22.9 Å². The molecule has 0 saturated carbocycles. The van der Waals surface area contributed by atoms with Gasteiger partial charge in [0.15, 0.2) is 11.6 Å². The topological polar surface area (TPSA) is 73.5 Å². The summed E-state index contributed by atoms with van der Waals surface area (Å²) in [6.07, 6.45) is 1.60. The van der Waals surface area contributed by atoms with E-state index in [4.69, 9.17) is 11.6 Å². The Morgan fingerprint density at radius 2 is 1.83 bits per heavy atom. The number of nitrogens with one attached hydrogen (secondary N) is 3. The number of nitrogens with zero attached hydrogens (tertiary/aromatic N) is 1. The second kappa shape index (κ2) is 11.4. The van der Waals surface area contributed by atoms with E-state index < -0.39 is 21.8 Å². The monoisotopic (exact) mass is 572 g/mol. The number of hydrogen-bond acceptors (Lipinski definition) is 4. The van der Waals surface area contributed by atoms with Gasteiger partial charge >= 0.3 is 10.2 Å². The lowest BCUT2D eigenvalue weighted by Gasteiger charge is -2.21. The highest BCUT2D eigenvalue weighted by molar-refractivity contribution is 14.1. The van der Waals surface area contributed by atoms with Crippen LogP contribution in [-0.4, -0.2) is 39.4 Å². The van der Waals surface area contributed by atoms with E-state index in [1.165, 1.54) is 7.05 Å². The van der Waals surface area contributed by atoms with Gasteiger partial charge in [-0.3, -0.25) is 4.72 Å². The van der Waals surface area contributed by atoms with Crippen molar-refractivity contribution in [2.75, 3.05) is 36.7 Å². The van der Waals surface area contributed by atoms with Crippen LogP contribution in [0.1, 0.15) is 19.8 Å². The van der Waals surface area contributed by atoms with Gasteiger partial charge in [-0.1, -0.05) is 18.5 Å². The summed E-state index contributed by atoms with van der Waals surface area (Å²) >= 11 is 8.23. The van der Waals surface area contributed by atoms with Crippen LogP contribution in [0.25, 0.3) is 0 Å². The van der Waals surface area contributed by atoms with E-state index in [1.807, 2.05) is 6.92 Å². The van der Waals surface area contributed by atoms with Gasteiger partial charge in [-0.05, 0) is 78.9 Å². The molecule has 0 unspecified atom stereocenters. The molecule has 0 radical (unpaired) electrons. The van der Waals surface area contributed by atoms with Crippen molar-refractivity contribution in [3.05, 3.63) is 50.6 Å². The largest absolute Gasteiger partial charge is 0.350 e. The van der Waals surface area contributed by atoms with Gasteiger partial charge in [-0.2, -0.15) is 12.7 Å². The summed E-state index contributed by atoms with van der Waals surface area (Å²) in [4.78, 5) is 0. The molecule has 3 N–H and O–H groups in total. The molecule has 0 fully saturated rings. The molecule has 2 aromatic rings. The maximum atomic E-state index is 14.5. The Labute approximate surface area is 194 Å². The Bertz CT molecular complexity index is 979. The third-order valence-electron chi connectivity index (χ3n) is 4.19. The first-order valence-electron chi connectivity index (χ1n) is 9.30. The van der Waals surface area contributed by atoms with E-state index in [2.05, 4.69) is 37.9 Å². The lowest BCUT2D eigenvalue weighted by molar-refractivity contribution is 0.458. The molecule has 0 aliphatic carbocycles. The zero-order chi connectivity index (χ0) is 22.3. The molecule has 0 atom stereocenters. The van der Waals surface area contributed by atoms with E-state index >= 15 is 0 Å². The Hall–Kier alpha value is -1.21. The van der Waals surface area contributed by atoms with E-state index in [1.54, 1.807) is 18.2 Å². The van der Waals surface area contributed by atoms with Crippen molar-refractivity contribution < 1.29 is 17.2 Å². The van der Waals surface area contributed by atoms with Crippen molar-refractivity contribution in [3.63, 3.8) is 0 Å². The summed E-state index contributed by atoms with van der Waals surface area (Å²) in [6, 6.07) is 7.00. The SMILES string of the molecule is CCCNCCCN(C)S(=O)(=O)Nc1ccc(F)c(F)c1Nc1ccc(I)cc1Cl. The minimum atomic E-state index is -3.98. The third kappa shape index (κ3) is 6.91. The molecular formula is C19H24ClF2IN4O2S. The normalized spacial score (nSPS) is 11.7. The van der Waals surface area contributed by atoms with Gasteiger partial charge in [0.2, 0.25) is 0 Å². The smallest absolute Gasteiger partial charge is 0.301 e. The predicted octanol–water partition coefficient (Wildman–Crippen LogP) is 4.94. The summed E-state index contributed by atoms with van der Waals surface area (Å²) in [5.74, 6) is -2.33. The fraction of sp³-hybridized carbons (Fsp3) is 0.368. The fourth-order valence-corrected chi connectivity index (χ4v) is 4.43. The van der Waals surface area contributed by atoms with Crippen molar-refractivity contribution >= 4 is 61.5 Å². The Morgan fingerprint density at radius 3 is 2.50 bits per heavy atom. The number of rotatable bonds is 11. The minimum absolute atomic E-state index is 0.125. The maximum Gasteiger partial charge on any atom is 0.301 e. The molecule has 0 amide bonds. The van der Waals surface area contributed by atoms with Gasteiger partial charge in [0.25, 0.3) is 0 Å². The highest BCUT2D eigenvalue weighted by atomic mass is 127. The van der Waals surface area contributed by atoms with Crippen LogP contribution in [0.15, 0.2) is 30.3 Å². The van der Waals surface area contributed by atoms with Crippen molar-refractivity contribution in [2.24, 2.45) is 0 Å². The highest BCUT2D eigenvalue weighted by Crippen LogP contribution is 2.34. The number of hydrogen-bond donors (Lipinski definition) is 3. The van der Waals surface area contributed by atoms with Gasteiger partial charge in [0.1, 0.15) is 5.69 Å². The Kier molecular flexibility index (Phi) is 9.54. The number of benzene rings is 2. The standard InChI is InChI=1S/C19H24ClF2IN4O2S/c1-3-9-24-10-4-11-27(2)30(28,29)26-17-8-6-15(21)18(22)19(17)25-16-7-5-13(23)12-14(16)20/h5-8,12,24-26H,3-4,9-11H2,1-2H3. The Morgan fingerprint density at radius 1 is 1.13 bits per heavy atom. The lowest BCUT2D eigenvalue weighted by Crippen LogP contribution is -2.34. The average Bonchev–Trinajstić information content (AvgIpc) is 2.68. The van der Waals surface area contributed by atoms with Crippen LogP contribution < -0.4 is 15.4 Å². The quantitative estimate of drug-likeness (QED) is 0.263. The summed E-state index contributed by atoms with van der Waals surface area (Å²) in [7, 11) is -2.55. The first-order valence-corrected chi connectivity index (χ1v) is 12.2. The van der Waals surface area contributed by atoms with Gasteiger partial charge in [0.05, 0.1) is 16.4 Å². The zero-order valence-corrected chi connectivity index (χ0v) is 20.3. The van der Waals surface area contributed by atoms with Crippen molar-refractivity contribution in [3.8, 4) is 0 Å². The minimum Gasteiger partial charge on any atom is -0.350 e. The molecule has 0 aromatic heterocycles. The first-order chi connectivity index (χ1) is 14.2. The van der Waals surface area contributed by atoms with Gasteiger partial charge in [-0.25, -0.2) is 8.78 Å². The van der Waals surface area contributed by atoms with Crippen LogP contribution in [0.4, 0.5) is 25.8 Å². The summed E-state index contributed by atoms with van der Waals surface area (Å²) in [6.45, 7) is 3.85. The van der Waals surface area contributed by atoms with Crippen molar-refractivity contribution in [1.29, 1.82) is 0 Å². The fourth-order valence-electron chi connectivity index (χ4n) is 2.55. The Balaban J connectivity index is 2.21. The zero-order valence-electron chi connectivity index (χ0n) is 16.6. The van der Waals surface area contributed by atoms with Crippen LogP contribution in [0, 0.1) is 15.2 Å². The van der Waals surface area contributed by atoms with E-state index in [9.17, 15) is 17.2 Å². The molecule has 0 aliphatic heterocycles. The van der Waals surface area contributed by atoms with E-state index in [0.29, 0.717) is 18.7 Å². The summed E-state index contributed by atoms with van der Waals surface area (Å²) < 4.78 is 58.0. The average molecular weight is 573 g/mol. The molecular weight excluding hydrogens is 549 g/mol. The molecule has 0 aliphatic rings. The van der Waals surface area contributed by atoms with Gasteiger partial charge in [-0.15, -0.1) is 0 Å². The molecule has 166 valence electrons. The van der Waals surface area contributed by atoms with Crippen molar-refractivity contribution in [1.82, 2.24) is 9.62 Å². The van der Waals surface area contributed by atoms with Crippen LogP contribution in [-0.2, 0) is 10.2 Å². The molecule has 2 rings (SSSR count).